The zero-order valence-electron chi connectivity index (χ0n) is 32.8. The summed E-state index contributed by atoms with van der Waals surface area (Å²) in [4.78, 5) is 29.8. The van der Waals surface area contributed by atoms with E-state index in [4.69, 9.17) is 14.6 Å². The number of allylic oxidation sites excluding steroid dienone is 4. The van der Waals surface area contributed by atoms with Crippen molar-refractivity contribution in [2.45, 2.75) is 97.1 Å². The van der Waals surface area contributed by atoms with E-state index in [1.165, 1.54) is 47.1 Å². The molecule has 54 heavy (non-hydrogen) atoms. The molecule has 10 heteroatoms. The van der Waals surface area contributed by atoms with Crippen molar-refractivity contribution in [3.05, 3.63) is 89.1 Å². The van der Waals surface area contributed by atoms with Crippen LogP contribution in [-0.2, 0) is 16.1 Å². The Hall–Kier alpha value is -4.83. The molecule has 2 aromatic heterocycles. The van der Waals surface area contributed by atoms with E-state index in [0.29, 0.717) is 31.1 Å². The van der Waals surface area contributed by atoms with Gasteiger partial charge in [0, 0.05) is 67.0 Å². The maximum Gasteiger partial charge on any atom is 0.265 e. The van der Waals surface area contributed by atoms with Crippen LogP contribution in [0.25, 0.3) is 27.6 Å². The minimum Gasteiger partial charge on any atom is -0.501 e. The number of ether oxygens (including phenoxy) is 2. The van der Waals surface area contributed by atoms with Crippen molar-refractivity contribution in [2.75, 3.05) is 34.4 Å². The fourth-order valence-electron chi connectivity index (χ4n) is 9.00. The van der Waals surface area contributed by atoms with Crippen LogP contribution < -0.4 is 15.6 Å². The van der Waals surface area contributed by atoms with Gasteiger partial charge < -0.3 is 18.9 Å². The number of likely N-dealkylation sites (tertiary alicyclic amines) is 1. The molecule has 10 nitrogen and oxygen atoms in total. The van der Waals surface area contributed by atoms with E-state index in [2.05, 4.69) is 76.2 Å². The van der Waals surface area contributed by atoms with Gasteiger partial charge in [0.1, 0.15) is 5.75 Å². The monoisotopic (exact) mass is 732 g/mol. The number of nitrogens with one attached hydrogen (secondary N) is 2. The summed E-state index contributed by atoms with van der Waals surface area (Å²) in [5.41, 5.74) is 13.7. The molecule has 2 fully saturated rings. The summed E-state index contributed by atoms with van der Waals surface area (Å²) in [5, 5.41) is 5.93. The number of benzene rings is 2. The Morgan fingerprint density at radius 2 is 1.67 bits per heavy atom. The number of hydrogen-bond acceptors (Lipinski definition) is 6. The molecule has 2 amide bonds. The Morgan fingerprint density at radius 1 is 0.926 bits per heavy atom. The lowest BCUT2D eigenvalue weighted by Gasteiger charge is -2.37. The summed E-state index contributed by atoms with van der Waals surface area (Å²) in [6.45, 7) is 8.24. The highest BCUT2D eigenvalue weighted by Gasteiger charge is 2.38. The lowest BCUT2D eigenvalue weighted by Crippen LogP contribution is -2.47. The maximum atomic E-state index is 14.6. The van der Waals surface area contributed by atoms with Gasteiger partial charge in [-0.1, -0.05) is 37.5 Å². The van der Waals surface area contributed by atoms with Crippen LogP contribution in [0, 0.1) is 5.41 Å². The SMILES string of the molecule is CNNC(=O)c1ccc2c(C3CCCCC3)c(C3=C(C)C=C(OC)CC3)n(CC(C)(C)C(=O)N3CCC(n4cc(-c5ccc(OC)cc5)cn4)CC3)c2c1. The van der Waals surface area contributed by atoms with Gasteiger partial charge >= 0.3 is 0 Å². The molecule has 2 N–H and O–H groups in total. The molecule has 1 saturated heterocycles. The number of carbonyl (C=O) groups is 2. The molecule has 4 aromatic rings. The first-order chi connectivity index (χ1) is 26.1. The smallest absolute Gasteiger partial charge is 0.265 e. The van der Waals surface area contributed by atoms with Gasteiger partial charge in [-0.05, 0) is 111 Å². The molecule has 0 radical (unpaired) electrons. The summed E-state index contributed by atoms with van der Waals surface area (Å²) in [7, 11) is 5.12. The average Bonchev–Trinajstić information content (AvgIpc) is 3.81. The number of carbonyl (C=O) groups excluding carboxylic acids is 2. The van der Waals surface area contributed by atoms with E-state index >= 15 is 0 Å². The first-order valence-corrected chi connectivity index (χ1v) is 19.7. The lowest BCUT2D eigenvalue weighted by atomic mass is 9.80. The molecule has 2 aliphatic carbocycles. The Balaban J connectivity index is 1.20. The van der Waals surface area contributed by atoms with Crippen molar-refractivity contribution >= 4 is 28.3 Å². The largest absolute Gasteiger partial charge is 0.501 e. The van der Waals surface area contributed by atoms with E-state index in [9.17, 15) is 9.59 Å². The van der Waals surface area contributed by atoms with E-state index in [0.717, 1.165) is 66.7 Å². The molecule has 7 rings (SSSR count). The second-order valence-electron chi connectivity index (χ2n) is 15.9. The van der Waals surface area contributed by atoms with E-state index in [1.54, 1.807) is 21.3 Å². The molecule has 286 valence electrons. The molecule has 0 bridgehead atoms. The Kier molecular flexibility index (Phi) is 11.0. The zero-order valence-corrected chi connectivity index (χ0v) is 32.8. The molecule has 1 aliphatic heterocycles. The quantitative estimate of drug-likeness (QED) is 0.150. The first-order valence-electron chi connectivity index (χ1n) is 19.7. The van der Waals surface area contributed by atoms with Crippen LogP contribution in [-0.4, -0.2) is 65.4 Å². The molecule has 2 aromatic carbocycles. The number of hydrogen-bond donors (Lipinski definition) is 2. The van der Waals surface area contributed by atoms with Crippen molar-refractivity contribution in [3.63, 3.8) is 0 Å². The van der Waals surface area contributed by atoms with Crippen molar-refractivity contribution in [2.24, 2.45) is 5.41 Å². The third-order valence-corrected chi connectivity index (χ3v) is 11.9. The molecule has 1 saturated carbocycles. The van der Waals surface area contributed by atoms with Gasteiger partial charge in [0.15, 0.2) is 0 Å². The first kappa shape index (κ1) is 37.5. The third-order valence-electron chi connectivity index (χ3n) is 11.9. The third kappa shape index (κ3) is 7.45. The van der Waals surface area contributed by atoms with Gasteiger partial charge in [-0.2, -0.15) is 5.10 Å². The molecule has 3 aliphatic rings. The lowest BCUT2D eigenvalue weighted by molar-refractivity contribution is -0.142. The number of amides is 2. The van der Waals surface area contributed by atoms with Crippen LogP contribution in [0.15, 0.2) is 72.3 Å². The van der Waals surface area contributed by atoms with Gasteiger partial charge in [-0.15, -0.1) is 0 Å². The Bertz CT molecular complexity index is 2060. The number of methoxy groups -OCH3 is 2. The Labute approximate surface area is 319 Å². The van der Waals surface area contributed by atoms with E-state index in [-0.39, 0.29) is 17.9 Å². The predicted octanol–water partition coefficient (Wildman–Crippen LogP) is 8.41. The second-order valence-corrected chi connectivity index (χ2v) is 15.9. The highest BCUT2D eigenvalue weighted by molar-refractivity contribution is 6.00. The normalized spacial score (nSPS) is 17.5. The summed E-state index contributed by atoms with van der Waals surface area (Å²) in [6.07, 6.45) is 15.6. The summed E-state index contributed by atoms with van der Waals surface area (Å²) < 4.78 is 15.5. The summed E-state index contributed by atoms with van der Waals surface area (Å²) >= 11 is 0. The van der Waals surface area contributed by atoms with Crippen LogP contribution in [0.4, 0.5) is 0 Å². The topological polar surface area (TPSA) is 103 Å². The number of aromatic nitrogens is 3. The van der Waals surface area contributed by atoms with Crippen molar-refractivity contribution in [3.8, 4) is 16.9 Å². The van der Waals surface area contributed by atoms with Gasteiger partial charge in [-0.3, -0.25) is 19.7 Å². The molecular formula is C44H56N6O4. The second kappa shape index (κ2) is 15.9. The molecule has 3 heterocycles. The minimum absolute atomic E-state index is 0.160. The van der Waals surface area contributed by atoms with Gasteiger partial charge in [0.25, 0.3) is 5.91 Å². The van der Waals surface area contributed by atoms with Crippen LogP contribution in [0.3, 0.4) is 0 Å². The van der Waals surface area contributed by atoms with Gasteiger partial charge in [0.2, 0.25) is 5.91 Å². The number of hydrazine groups is 1. The van der Waals surface area contributed by atoms with Crippen molar-refractivity contribution < 1.29 is 19.1 Å². The summed E-state index contributed by atoms with van der Waals surface area (Å²) in [5.74, 6) is 2.23. The van der Waals surface area contributed by atoms with Crippen LogP contribution in [0.5, 0.6) is 5.75 Å². The molecular weight excluding hydrogens is 677 g/mol. The Morgan fingerprint density at radius 3 is 2.33 bits per heavy atom. The standard InChI is InChI=1S/C44H56N6O4/c1-29-24-36(54-6)17-19-37(29)41-40(31-10-8-7-9-11-31)38-18-14-32(42(51)47-45-4)25-39(38)49(41)28-44(2,3)43(52)48-22-20-34(21-23-48)50-27-33(26-46-50)30-12-15-35(53-5)16-13-30/h12-16,18,24-27,31,34,45H,7-11,17,19-23,28H2,1-6H3,(H,47,51). The highest BCUT2D eigenvalue weighted by atomic mass is 16.5. The van der Waals surface area contributed by atoms with Crippen LogP contribution >= 0.6 is 0 Å². The van der Waals surface area contributed by atoms with Crippen molar-refractivity contribution in [1.29, 1.82) is 0 Å². The zero-order chi connectivity index (χ0) is 38.0. The minimum atomic E-state index is -0.704. The number of piperidine rings is 1. The number of fused-ring (bicyclic) bond motifs is 1. The fourth-order valence-corrected chi connectivity index (χ4v) is 9.00. The van der Waals surface area contributed by atoms with E-state index in [1.807, 2.05) is 30.5 Å². The molecule has 0 atom stereocenters. The maximum absolute atomic E-state index is 14.6. The van der Waals surface area contributed by atoms with E-state index < -0.39 is 5.41 Å². The van der Waals surface area contributed by atoms with Gasteiger partial charge in [-0.25, -0.2) is 5.43 Å². The summed E-state index contributed by atoms with van der Waals surface area (Å²) in [6, 6.07) is 14.4. The number of rotatable bonds is 11. The van der Waals surface area contributed by atoms with Crippen molar-refractivity contribution in [1.82, 2.24) is 30.1 Å². The van der Waals surface area contributed by atoms with Gasteiger partial charge in [0.05, 0.1) is 37.6 Å². The molecule has 0 unspecified atom stereocenters. The van der Waals surface area contributed by atoms with Crippen LogP contribution in [0.1, 0.15) is 112 Å². The molecule has 0 spiro atoms. The van der Waals surface area contributed by atoms with Crippen LogP contribution in [0.2, 0.25) is 0 Å². The highest BCUT2D eigenvalue weighted by Crippen LogP contribution is 2.46. The number of nitrogens with zero attached hydrogens (tertiary/aromatic N) is 4. The predicted molar refractivity (Wildman–Crippen MR) is 214 cm³/mol. The average molecular weight is 733 g/mol. The fraction of sp³-hybridized carbons (Fsp3) is 0.477.